The van der Waals surface area contributed by atoms with Crippen molar-refractivity contribution in [1.82, 2.24) is 19.7 Å². The summed E-state index contributed by atoms with van der Waals surface area (Å²) in [4.78, 5) is 15.5. The van der Waals surface area contributed by atoms with Crippen molar-refractivity contribution in [3.63, 3.8) is 0 Å². The molecule has 0 radical (unpaired) electrons. The molecule has 0 saturated carbocycles. The third-order valence-electron chi connectivity index (χ3n) is 2.92. The molecule has 0 bridgehead atoms. The van der Waals surface area contributed by atoms with Gasteiger partial charge in [-0.15, -0.1) is 10.2 Å². The lowest BCUT2D eigenvalue weighted by molar-refractivity contribution is 0.528. The van der Waals surface area contributed by atoms with Gasteiger partial charge < -0.3 is 9.73 Å². The van der Waals surface area contributed by atoms with E-state index in [2.05, 4.69) is 20.5 Å². The smallest absolute Gasteiger partial charge is 0.408 e. The van der Waals surface area contributed by atoms with Gasteiger partial charge in [0.2, 0.25) is 0 Å². The highest BCUT2D eigenvalue weighted by atomic mass is 16.4. The van der Waals surface area contributed by atoms with Crippen LogP contribution in [-0.2, 0) is 7.05 Å². The normalized spacial score (nSPS) is 10.8. The van der Waals surface area contributed by atoms with Gasteiger partial charge in [0.15, 0.2) is 11.4 Å². The molecule has 7 nitrogen and oxygen atoms in total. The van der Waals surface area contributed by atoms with Crippen LogP contribution in [0.15, 0.2) is 33.7 Å². The molecule has 0 saturated heterocycles. The second-order valence-corrected chi connectivity index (χ2v) is 4.02. The Morgan fingerprint density at radius 3 is 3.00 bits per heavy atom. The summed E-state index contributed by atoms with van der Waals surface area (Å²) in [6, 6.07) is 5.41. The summed E-state index contributed by atoms with van der Waals surface area (Å²) in [6.45, 7) is 0. The largest absolute Gasteiger partial charge is 0.419 e. The maximum absolute atomic E-state index is 11.5. The molecule has 1 aromatic carbocycles. The van der Waals surface area contributed by atoms with Crippen molar-refractivity contribution in [3.8, 4) is 11.3 Å². The Hall–Kier alpha value is -2.70. The second kappa shape index (κ2) is 4.20. The number of nitrogens with one attached hydrogen (secondary N) is 1. The highest BCUT2D eigenvalue weighted by molar-refractivity contribution is 5.82. The first-order valence-corrected chi connectivity index (χ1v) is 5.66. The average molecular weight is 257 g/mol. The first-order valence-electron chi connectivity index (χ1n) is 5.66. The standard InChI is InChI=1S/C12H11N5O2/c1-13-11-10(16-15-6-14-11)7-3-4-8-9(5-7)19-12(18)17(8)2/h3-6H,1-2H3,(H,13,14,15). The summed E-state index contributed by atoms with van der Waals surface area (Å²) in [5.41, 5.74) is 2.64. The van der Waals surface area contributed by atoms with E-state index in [1.807, 2.05) is 12.1 Å². The molecule has 0 aliphatic rings. The number of hydrogen-bond donors (Lipinski definition) is 1. The fourth-order valence-corrected chi connectivity index (χ4v) is 1.93. The molecule has 96 valence electrons. The van der Waals surface area contributed by atoms with Gasteiger partial charge in [-0.05, 0) is 12.1 Å². The van der Waals surface area contributed by atoms with Crippen LogP contribution in [0.5, 0.6) is 0 Å². The van der Waals surface area contributed by atoms with Crippen molar-refractivity contribution >= 4 is 16.9 Å². The van der Waals surface area contributed by atoms with Crippen LogP contribution >= 0.6 is 0 Å². The fraction of sp³-hybridized carbons (Fsp3) is 0.167. The Bertz CT molecular complexity index is 805. The van der Waals surface area contributed by atoms with Crippen molar-refractivity contribution < 1.29 is 4.42 Å². The van der Waals surface area contributed by atoms with Gasteiger partial charge in [-0.1, -0.05) is 6.07 Å². The number of rotatable bonds is 2. The fourth-order valence-electron chi connectivity index (χ4n) is 1.93. The van der Waals surface area contributed by atoms with Crippen LogP contribution in [0.3, 0.4) is 0 Å². The van der Waals surface area contributed by atoms with Gasteiger partial charge in [-0.2, -0.15) is 0 Å². The van der Waals surface area contributed by atoms with E-state index in [9.17, 15) is 4.79 Å². The number of oxazole rings is 1. The highest BCUT2D eigenvalue weighted by Crippen LogP contribution is 2.25. The average Bonchev–Trinajstić information content (AvgIpc) is 2.73. The number of aromatic nitrogens is 4. The van der Waals surface area contributed by atoms with E-state index >= 15 is 0 Å². The van der Waals surface area contributed by atoms with Gasteiger partial charge in [0.05, 0.1) is 5.52 Å². The first kappa shape index (κ1) is 11.4. The number of anilines is 1. The third-order valence-corrected chi connectivity index (χ3v) is 2.92. The molecule has 0 aliphatic heterocycles. The predicted octanol–water partition coefficient (Wildman–Crippen LogP) is 1.03. The zero-order valence-electron chi connectivity index (χ0n) is 10.4. The van der Waals surface area contributed by atoms with Crippen molar-refractivity contribution in [2.24, 2.45) is 7.05 Å². The molecule has 0 spiro atoms. The number of aryl methyl sites for hydroxylation is 1. The van der Waals surface area contributed by atoms with Gasteiger partial charge in [0.1, 0.15) is 12.0 Å². The molecule has 0 aliphatic carbocycles. The van der Waals surface area contributed by atoms with Crippen LogP contribution in [0.1, 0.15) is 0 Å². The minimum absolute atomic E-state index is 0.390. The lowest BCUT2D eigenvalue weighted by atomic mass is 10.1. The van der Waals surface area contributed by atoms with Crippen LogP contribution in [0.2, 0.25) is 0 Å². The first-order chi connectivity index (χ1) is 9.20. The van der Waals surface area contributed by atoms with E-state index in [4.69, 9.17) is 4.42 Å². The lowest BCUT2D eigenvalue weighted by Crippen LogP contribution is -2.08. The van der Waals surface area contributed by atoms with E-state index in [-0.39, 0.29) is 0 Å². The highest BCUT2D eigenvalue weighted by Gasteiger charge is 2.11. The summed E-state index contributed by atoms with van der Waals surface area (Å²) in [7, 11) is 3.42. The summed E-state index contributed by atoms with van der Waals surface area (Å²) >= 11 is 0. The molecule has 0 atom stereocenters. The summed E-state index contributed by atoms with van der Waals surface area (Å²) in [5, 5.41) is 10.8. The molecule has 2 aromatic heterocycles. The minimum Gasteiger partial charge on any atom is -0.408 e. The van der Waals surface area contributed by atoms with E-state index in [1.54, 1.807) is 20.2 Å². The number of nitrogens with zero attached hydrogens (tertiary/aromatic N) is 4. The van der Waals surface area contributed by atoms with E-state index in [1.165, 1.54) is 10.9 Å². The quantitative estimate of drug-likeness (QED) is 0.737. The zero-order chi connectivity index (χ0) is 13.4. The molecule has 0 fully saturated rings. The van der Waals surface area contributed by atoms with Crippen molar-refractivity contribution in [3.05, 3.63) is 35.1 Å². The monoisotopic (exact) mass is 257 g/mol. The maximum atomic E-state index is 11.5. The minimum atomic E-state index is -0.390. The number of fused-ring (bicyclic) bond motifs is 1. The summed E-state index contributed by atoms with van der Waals surface area (Å²) in [5.74, 6) is 0.228. The van der Waals surface area contributed by atoms with Gasteiger partial charge in [0, 0.05) is 19.7 Å². The molecule has 0 amide bonds. The predicted molar refractivity (Wildman–Crippen MR) is 69.8 cm³/mol. The van der Waals surface area contributed by atoms with Gasteiger partial charge >= 0.3 is 5.76 Å². The number of hydrogen-bond acceptors (Lipinski definition) is 6. The van der Waals surface area contributed by atoms with Crippen LogP contribution in [0.25, 0.3) is 22.4 Å². The summed E-state index contributed by atoms with van der Waals surface area (Å²) in [6.07, 6.45) is 1.37. The Labute approximate surface area is 107 Å². The van der Waals surface area contributed by atoms with Crippen LogP contribution in [0.4, 0.5) is 5.82 Å². The molecular formula is C12H11N5O2. The maximum Gasteiger partial charge on any atom is 0.419 e. The summed E-state index contributed by atoms with van der Waals surface area (Å²) < 4.78 is 6.60. The van der Waals surface area contributed by atoms with Gasteiger partial charge in [0.25, 0.3) is 0 Å². The molecular weight excluding hydrogens is 246 g/mol. The third kappa shape index (κ3) is 1.75. The van der Waals surface area contributed by atoms with Crippen LogP contribution in [-0.4, -0.2) is 26.8 Å². The molecule has 1 N–H and O–H groups in total. The molecule has 3 aromatic rings. The zero-order valence-corrected chi connectivity index (χ0v) is 10.4. The Morgan fingerprint density at radius 1 is 1.37 bits per heavy atom. The van der Waals surface area contributed by atoms with Crippen LogP contribution < -0.4 is 11.1 Å². The van der Waals surface area contributed by atoms with Crippen molar-refractivity contribution in [2.75, 3.05) is 12.4 Å². The molecule has 0 unspecified atom stereocenters. The van der Waals surface area contributed by atoms with E-state index in [0.29, 0.717) is 17.1 Å². The molecule has 2 heterocycles. The van der Waals surface area contributed by atoms with E-state index in [0.717, 1.165) is 11.1 Å². The SMILES string of the molecule is CNc1ncnnc1-c1ccc2c(c1)oc(=O)n2C. The van der Waals surface area contributed by atoms with Crippen LogP contribution in [0, 0.1) is 0 Å². The van der Waals surface area contributed by atoms with E-state index < -0.39 is 5.76 Å². The Balaban J connectivity index is 2.23. The van der Waals surface area contributed by atoms with Crippen molar-refractivity contribution in [1.29, 1.82) is 0 Å². The molecule has 19 heavy (non-hydrogen) atoms. The van der Waals surface area contributed by atoms with Crippen molar-refractivity contribution in [2.45, 2.75) is 0 Å². The Kier molecular flexibility index (Phi) is 2.52. The second-order valence-electron chi connectivity index (χ2n) is 4.02. The molecule has 7 heteroatoms. The van der Waals surface area contributed by atoms with Gasteiger partial charge in [-0.25, -0.2) is 9.78 Å². The lowest BCUT2D eigenvalue weighted by Gasteiger charge is -2.05. The Morgan fingerprint density at radius 2 is 2.21 bits per heavy atom. The molecule has 3 rings (SSSR count). The number of benzene rings is 1. The van der Waals surface area contributed by atoms with Gasteiger partial charge in [-0.3, -0.25) is 4.57 Å². The topological polar surface area (TPSA) is 85.8 Å².